The fourth-order valence-corrected chi connectivity index (χ4v) is 1.66. The molecule has 0 atom stereocenters. The van der Waals surface area contributed by atoms with E-state index in [1.807, 2.05) is 0 Å². The van der Waals surface area contributed by atoms with Crippen molar-refractivity contribution in [1.29, 1.82) is 0 Å². The van der Waals surface area contributed by atoms with E-state index in [0.29, 0.717) is 0 Å². The van der Waals surface area contributed by atoms with Crippen molar-refractivity contribution in [2.75, 3.05) is 39.5 Å². The van der Waals surface area contributed by atoms with Crippen molar-refractivity contribution in [3.63, 3.8) is 0 Å². The highest BCUT2D eigenvalue weighted by molar-refractivity contribution is 4.46. The zero-order chi connectivity index (χ0) is 13.5. The van der Waals surface area contributed by atoms with Crippen molar-refractivity contribution in [2.24, 2.45) is 5.92 Å². The molecule has 0 amide bonds. The second-order valence-electron chi connectivity index (χ2n) is 5.22. The van der Waals surface area contributed by atoms with Gasteiger partial charge in [0.25, 0.3) is 0 Å². The Balaban J connectivity index is 2.90. The fraction of sp³-hybridized carbons (Fsp3) is 1.00. The minimum atomic E-state index is 0.790. The normalized spacial score (nSPS) is 11.3. The Hall–Kier alpha value is -0.120. The largest absolute Gasteiger partial charge is 0.381 e. The Bertz CT molecular complexity index is 151. The van der Waals surface area contributed by atoms with Crippen LogP contribution in [0, 0.1) is 5.92 Å². The highest BCUT2D eigenvalue weighted by Gasteiger charge is 1.94. The van der Waals surface area contributed by atoms with Gasteiger partial charge in [-0.15, -0.1) is 0 Å². The summed E-state index contributed by atoms with van der Waals surface area (Å²) in [7, 11) is 0. The molecule has 0 aromatic heterocycles. The predicted molar refractivity (Wildman–Crippen MR) is 78.1 cm³/mol. The average Bonchev–Trinajstić information content (AvgIpc) is 2.34. The topological polar surface area (TPSA) is 30.5 Å². The first-order valence-electron chi connectivity index (χ1n) is 7.63. The third-order valence-corrected chi connectivity index (χ3v) is 2.72. The number of rotatable bonds is 14. The quantitative estimate of drug-likeness (QED) is 0.486. The van der Waals surface area contributed by atoms with Crippen molar-refractivity contribution < 1.29 is 9.47 Å². The molecule has 0 bridgehead atoms. The third kappa shape index (κ3) is 15.9. The van der Waals surface area contributed by atoms with E-state index in [9.17, 15) is 0 Å². The SMILES string of the molecule is CCCNCCCOCCCOCCCC(C)C. The number of ether oxygens (including phenoxy) is 2. The van der Waals surface area contributed by atoms with Gasteiger partial charge in [-0.2, -0.15) is 0 Å². The van der Waals surface area contributed by atoms with Crippen molar-refractivity contribution in [3.05, 3.63) is 0 Å². The smallest absolute Gasteiger partial charge is 0.0487 e. The van der Waals surface area contributed by atoms with E-state index in [4.69, 9.17) is 9.47 Å². The van der Waals surface area contributed by atoms with Gasteiger partial charge in [-0.1, -0.05) is 20.8 Å². The van der Waals surface area contributed by atoms with Crippen molar-refractivity contribution in [3.8, 4) is 0 Å². The summed E-state index contributed by atoms with van der Waals surface area (Å²) in [6.45, 7) is 12.3. The van der Waals surface area contributed by atoms with E-state index in [2.05, 4.69) is 26.1 Å². The van der Waals surface area contributed by atoms with Gasteiger partial charge in [-0.25, -0.2) is 0 Å². The number of nitrogens with one attached hydrogen (secondary N) is 1. The predicted octanol–water partition coefficient (Wildman–Crippen LogP) is 3.24. The van der Waals surface area contributed by atoms with Gasteiger partial charge in [0.1, 0.15) is 0 Å². The Morgan fingerprint density at radius 2 is 1.44 bits per heavy atom. The lowest BCUT2D eigenvalue weighted by Crippen LogP contribution is -2.17. The summed E-state index contributed by atoms with van der Waals surface area (Å²) >= 11 is 0. The van der Waals surface area contributed by atoms with Gasteiger partial charge in [0.15, 0.2) is 0 Å². The van der Waals surface area contributed by atoms with Gasteiger partial charge in [0, 0.05) is 26.4 Å². The molecule has 0 unspecified atom stereocenters. The molecule has 0 radical (unpaired) electrons. The maximum Gasteiger partial charge on any atom is 0.0487 e. The molecule has 0 spiro atoms. The Kier molecular flexibility index (Phi) is 14.8. The summed E-state index contributed by atoms with van der Waals surface area (Å²) in [6.07, 6.45) is 5.77. The van der Waals surface area contributed by atoms with Gasteiger partial charge >= 0.3 is 0 Å². The molecular formula is C15H33NO2. The molecule has 3 heteroatoms. The highest BCUT2D eigenvalue weighted by atomic mass is 16.5. The molecule has 0 aromatic carbocycles. The molecule has 0 aromatic rings. The van der Waals surface area contributed by atoms with E-state index in [1.165, 1.54) is 19.3 Å². The zero-order valence-corrected chi connectivity index (χ0v) is 12.7. The maximum absolute atomic E-state index is 5.55. The van der Waals surface area contributed by atoms with Crippen LogP contribution in [0.3, 0.4) is 0 Å². The first-order chi connectivity index (χ1) is 8.77. The molecule has 3 nitrogen and oxygen atoms in total. The lowest BCUT2D eigenvalue weighted by Gasteiger charge is -2.07. The van der Waals surface area contributed by atoms with Crippen LogP contribution in [0.1, 0.15) is 52.9 Å². The Morgan fingerprint density at radius 3 is 2.06 bits per heavy atom. The van der Waals surface area contributed by atoms with Crippen molar-refractivity contribution >= 4 is 0 Å². The maximum atomic E-state index is 5.55. The molecule has 1 N–H and O–H groups in total. The number of hydrogen-bond donors (Lipinski definition) is 1. The second kappa shape index (κ2) is 14.9. The van der Waals surface area contributed by atoms with Crippen LogP contribution < -0.4 is 5.32 Å². The molecule has 0 saturated heterocycles. The van der Waals surface area contributed by atoms with Crippen LogP contribution in [-0.4, -0.2) is 39.5 Å². The molecule has 0 aliphatic rings. The summed E-state index contributed by atoms with van der Waals surface area (Å²) in [5, 5.41) is 3.36. The molecule has 0 saturated carbocycles. The van der Waals surface area contributed by atoms with Crippen LogP contribution in [-0.2, 0) is 9.47 Å². The van der Waals surface area contributed by atoms with Crippen LogP contribution in [0.4, 0.5) is 0 Å². The lowest BCUT2D eigenvalue weighted by atomic mass is 10.1. The summed E-state index contributed by atoms with van der Waals surface area (Å²) in [5.74, 6) is 0.790. The molecular weight excluding hydrogens is 226 g/mol. The van der Waals surface area contributed by atoms with Gasteiger partial charge in [-0.3, -0.25) is 0 Å². The van der Waals surface area contributed by atoms with E-state index >= 15 is 0 Å². The average molecular weight is 259 g/mol. The van der Waals surface area contributed by atoms with Gasteiger partial charge in [0.05, 0.1) is 0 Å². The van der Waals surface area contributed by atoms with E-state index in [-0.39, 0.29) is 0 Å². The third-order valence-electron chi connectivity index (χ3n) is 2.72. The molecule has 0 heterocycles. The summed E-state index contributed by atoms with van der Waals surface area (Å²) in [6, 6.07) is 0. The first-order valence-corrected chi connectivity index (χ1v) is 7.63. The van der Waals surface area contributed by atoms with E-state index in [0.717, 1.165) is 58.3 Å². The highest BCUT2D eigenvalue weighted by Crippen LogP contribution is 2.03. The first kappa shape index (κ1) is 17.9. The standard InChI is InChI=1S/C15H33NO2/c1-4-9-16-10-6-12-18-14-7-13-17-11-5-8-15(2)3/h15-16H,4-14H2,1-3H3. The van der Waals surface area contributed by atoms with E-state index < -0.39 is 0 Å². The van der Waals surface area contributed by atoms with Crippen molar-refractivity contribution in [1.82, 2.24) is 5.32 Å². The zero-order valence-electron chi connectivity index (χ0n) is 12.7. The molecule has 0 aliphatic carbocycles. The molecule has 0 fully saturated rings. The van der Waals surface area contributed by atoms with Gasteiger partial charge in [0.2, 0.25) is 0 Å². The van der Waals surface area contributed by atoms with Crippen molar-refractivity contribution in [2.45, 2.75) is 52.9 Å². The molecule has 110 valence electrons. The summed E-state index contributed by atoms with van der Waals surface area (Å²) in [5.41, 5.74) is 0. The Labute approximate surface area is 114 Å². The van der Waals surface area contributed by atoms with Crippen LogP contribution in [0.15, 0.2) is 0 Å². The minimum absolute atomic E-state index is 0.790. The summed E-state index contributed by atoms with van der Waals surface area (Å²) < 4.78 is 11.1. The fourth-order valence-electron chi connectivity index (χ4n) is 1.66. The second-order valence-corrected chi connectivity index (χ2v) is 5.22. The summed E-state index contributed by atoms with van der Waals surface area (Å²) in [4.78, 5) is 0. The van der Waals surface area contributed by atoms with Gasteiger partial charge < -0.3 is 14.8 Å². The van der Waals surface area contributed by atoms with Gasteiger partial charge in [-0.05, 0) is 51.1 Å². The monoisotopic (exact) mass is 259 g/mol. The molecule has 18 heavy (non-hydrogen) atoms. The Morgan fingerprint density at radius 1 is 0.833 bits per heavy atom. The number of hydrogen-bond acceptors (Lipinski definition) is 3. The molecule has 0 aliphatic heterocycles. The van der Waals surface area contributed by atoms with Crippen LogP contribution in [0.5, 0.6) is 0 Å². The lowest BCUT2D eigenvalue weighted by molar-refractivity contribution is 0.0794. The van der Waals surface area contributed by atoms with Crippen LogP contribution >= 0.6 is 0 Å². The van der Waals surface area contributed by atoms with E-state index in [1.54, 1.807) is 0 Å². The molecule has 0 rings (SSSR count). The minimum Gasteiger partial charge on any atom is -0.381 e. The van der Waals surface area contributed by atoms with Crippen LogP contribution in [0.2, 0.25) is 0 Å². The van der Waals surface area contributed by atoms with Crippen LogP contribution in [0.25, 0.3) is 0 Å².